The van der Waals surface area contributed by atoms with Crippen molar-refractivity contribution in [3.8, 4) is 0 Å². The largest absolute Gasteiger partial charge is 0.478 e. The van der Waals surface area contributed by atoms with Gasteiger partial charge in [0.25, 0.3) is 0 Å². The number of hydrogen-bond donors (Lipinski definition) is 3. The van der Waals surface area contributed by atoms with Crippen LogP contribution in [-0.4, -0.2) is 46.1 Å². The SMILES string of the molecule is CSCCNC[C@@H](Nc1ncnc2c(C(=O)O)cccc12)c1ccccc1. The van der Waals surface area contributed by atoms with Crippen LogP contribution in [0.3, 0.4) is 0 Å². The molecule has 0 aliphatic carbocycles. The molecule has 2 aromatic carbocycles. The second-order valence-electron chi connectivity index (χ2n) is 6.03. The van der Waals surface area contributed by atoms with Gasteiger partial charge in [0, 0.05) is 24.2 Å². The lowest BCUT2D eigenvalue weighted by Crippen LogP contribution is -2.28. The first-order valence-corrected chi connectivity index (χ1v) is 10.1. The van der Waals surface area contributed by atoms with Crippen LogP contribution in [0.25, 0.3) is 10.9 Å². The maximum Gasteiger partial charge on any atom is 0.337 e. The Hall–Kier alpha value is -2.64. The van der Waals surface area contributed by atoms with Gasteiger partial charge < -0.3 is 15.7 Å². The number of benzene rings is 2. The predicted octanol–water partition coefficient (Wildman–Crippen LogP) is 3.43. The van der Waals surface area contributed by atoms with E-state index < -0.39 is 5.97 Å². The Labute approximate surface area is 162 Å². The third kappa shape index (κ3) is 4.75. The Kier molecular flexibility index (Phi) is 6.62. The van der Waals surface area contributed by atoms with E-state index in [9.17, 15) is 9.90 Å². The van der Waals surface area contributed by atoms with Gasteiger partial charge in [0.1, 0.15) is 12.1 Å². The monoisotopic (exact) mass is 382 g/mol. The summed E-state index contributed by atoms with van der Waals surface area (Å²) in [5, 5.41) is 17.0. The fourth-order valence-electron chi connectivity index (χ4n) is 2.90. The molecule has 1 heterocycles. The number of aromatic nitrogens is 2. The van der Waals surface area contributed by atoms with Crippen molar-refractivity contribution in [1.82, 2.24) is 15.3 Å². The molecule has 0 unspecified atom stereocenters. The van der Waals surface area contributed by atoms with E-state index in [0.29, 0.717) is 16.7 Å². The first-order chi connectivity index (χ1) is 13.2. The number of aromatic carboxylic acids is 1. The van der Waals surface area contributed by atoms with E-state index in [-0.39, 0.29) is 11.6 Å². The highest BCUT2D eigenvalue weighted by atomic mass is 32.2. The van der Waals surface area contributed by atoms with Crippen molar-refractivity contribution >= 4 is 34.5 Å². The second kappa shape index (κ2) is 9.34. The number of para-hydroxylation sites is 1. The van der Waals surface area contributed by atoms with Crippen molar-refractivity contribution in [2.24, 2.45) is 0 Å². The van der Waals surface area contributed by atoms with Gasteiger partial charge in [0.2, 0.25) is 0 Å². The number of fused-ring (bicyclic) bond motifs is 1. The van der Waals surface area contributed by atoms with E-state index in [1.54, 1.807) is 23.9 Å². The lowest BCUT2D eigenvalue weighted by Gasteiger charge is -2.21. The van der Waals surface area contributed by atoms with E-state index in [1.165, 1.54) is 6.33 Å². The summed E-state index contributed by atoms with van der Waals surface area (Å²) >= 11 is 1.80. The predicted molar refractivity (Wildman–Crippen MR) is 111 cm³/mol. The van der Waals surface area contributed by atoms with E-state index in [4.69, 9.17) is 0 Å². The number of hydrogen-bond acceptors (Lipinski definition) is 6. The average Bonchev–Trinajstić information content (AvgIpc) is 2.70. The van der Waals surface area contributed by atoms with Crippen molar-refractivity contribution in [2.45, 2.75) is 6.04 Å². The van der Waals surface area contributed by atoms with Crippen molar-refractivity contribution in [3.05, 3.63) is 66.0 Å². The van der Waals surface area contributed by atoms with Crippen molar-refractivity contribution < 1.29 is 9.90 Å². The van der Waals surface area contributed by atoms with Crippen LogP contribution in [0.1, 0.15) is 22.0 Å². The minimum atomic E-state index is -0.997. The van der Waals surface area contributed by atoms with Gasteiger partial charge >= 0.3 is 5.97 Å². The first kappa shape index (κ1) is 19.1. The third-order valence-corrected chi connectivity index (χ3v) is 4.85. The standard InChI is InChI=1S/C20H22N4O2S/c1-27-11-10-21-12-17(14-6-3-2-4-7-14)24-19-15-8-5-9-16(20(25)26)18(15)22-13-23-19/h2-9,13,17,21H,10-12H2,1H3,(H,25,26)(H,22,23,24)/t17-/m1/s1. The molecule has 0 saturated carbocycles. The van der Waals surface area contributed by atoms with E-state index in [1.807, 2.05) is 24.3 Å². The summed E-state index contributed by atoms with van der Waals surface area (Å²) in [7, 11) is 0. The molecule has 0 aliphatic rings. The van der Waals surface area contributed by atoms with Crippen molar-refractivity contribution in [1.29, 1.82) is 0 Å². The minimum Gasteiger partial charge on any atom is -0.478 e. The summed E-state index contributed by atoms with van der Waals surface area (Å²) in [5.41, 5.74) is 1.74. The topological polar surface area (TPSA) is 87.1 Å². The molecule has 7 heteroatoms. The number of nitrogens with zero attached hydrogens (tertiary/aromatic N) is 2. The molecule has 6 nitrogen and oxygen atoms in total. The van der Waals surface area contributed by atoms with E-state index >= 15 is 0 Å². The molecule has 0 fully saturated rings. The second-order valence-corrected chi connectivity index (χ2v) is 7.02. The first-order valence-electron chi connectivity index (χ1n) is 8.69. The molecule has 3 N–H and O–H groups in total. The van der Waals surface area contributed by atoms with E-state index in [2.05, 4.69) is 39.0 Å². The highest BCUT2D eigenvalue weighted by molar-refractivity contribution is 7.98. The quantitative estimate of drug-likeness (QED) is 0.489. The van der Waals surface area contributed by atoms with Crippen LogP contribution in [0.15, 0.2) is 54.9 Å². The van der Waals surface area contributed by atoms with Crippen LogP contribution in [0.5, 0.6) is 0 Å². The fourth-order valence-corrected chi connectivity index (χ4v) is 3.25. The molecule has 3 rings (SSSR count). The molecule has 0 bridgehead atoms. The number of carboxylic acid groups (broad SMARTS) is 1. The van der Waals surface area contributed by atoms with Gasteiger partial charge in [-0.25, -0.2) is 14.8 Å². The zero-order valence-corrected chi connectivity index (χ0v) is 15.9. The molecule has 0 spiro atoms. The van der Waals surface area contributed by atoms with Gasteiger partial charge in [-0.3, -0.25) is 0 Å². The number of carboxylic acids is 1. The highest BCUT2D eigenvalue weighted by Gasteiger charge is 2.16. The molecule has 1 aromatic heterocycles. The Bertz CT molecular complexity index is 905. The molecule has 0 aliphatic heterocycles. The third-order valence-electron chi connectivity index (χ3n) is 4.24. The van der Waals surface area contributed by atoms with Gasteiger partial charge in [-0.1, -0.05) is 36.4 Å². The molecular weight excluding hydrogens is 360 g/mol. The summed E-state index contributed by atoms with van der Waals surface area (Å²) in [4.78, 5) is 20.0. The summed E-state index contributed by atoms with van der Waals surface area (Å²) < 4.78 is 0. The van der Waals surface area contributed by atoms with Crippen LogP contribution in [0, 0.1) is 0 Å². The Balaban J connectivity index is 1.91. The molecular formula is C20H22N4O2S. The van der Waals surface area contributed by atoms with Gasteiger partial charge in [-0.05, 0) is 24.0 Å². The Morgan fingerprint density at radius 2 is 1.96 bits per heavy atom. The Morgan fingerprint density at radius 3 is 2.70 bits per heavy atom. The summed E-state index contributed by atoms with van der Waals surface area (Å²) in [6.07, 6.45) is 3.49. The fraction of sp³-hybridized carbons (Fsp3) is 0.250. The van der Waals surface area contributed by atoms with Crippen LogP contribution >= 0.6 is 11.8 Å². The Morgan fingerprint density at radius 1 is 1.15 bits per heavy atom. The van der Waals surface area contributed by atoms with Crippen LogP contribution in [0.4, 0.5) is 5.82 Å². The van der Waals surface area contributed by atoms with Gasteiger partial charge in [-0.15, -0.1) is 0 Å². The van der Waals surface area contributed by atoms with Crippen LogP contribution in [-0.2, 0) is 0 Å². The van der Waals surface area contributed by atoms with Crippen molar-refractivity contribution in [3.63, 3.8) is 0 Å². The van der Waals surface area contributed by atoms with Gasteiger partial charge in [0.05, 0.1) is 17.1 Å². The van der Waals surface area contributed by atoms with Crippen LogP contribution in [0.2, 0.25) is 0 Å². The average molecular weight is 382 g/mol. The zero-order valence-electron chi connectivity index (χ0n) is 15.1. The number of carbonyl (C=O) groups is 1. The number of nitrogens with one attached hydrogen (secondary N) is 2. The molecule has 0 radical (unpaired) electrons. The lowest BCUT2D eigenvalue weighted by atomic mass is 10.1. The number of anilines is 1. The van der Waals surface area contributed by atoms with Crippen LogP contribution < -0.4 is 10.6 Å². The maximum atomic E-state index is 11.5. The van der Waals surface area contributed by atoms with Gasteiger partial charge in [0.15, 0.2) is 0 Å². The maximum absolute atomic E-state index is 11.5. The molecule has 0 saturated heterocycles. The lowest BCUT2D eigenvalue weighted by molar-refractivity contribution is 0.0699. The number of rotatable bonds is 9. The summed E-state index contributed by atoms with van der Waals surface area (Å²) in [6.45, 7) is 1.65. The summed E-state index contributed by atoms with van der Waals surface area (Å²) in [5.74, 6) is 0.673. The smallest absolute Gasteiger partial charge is 0.337 e. The molecule has 3 aromatic rings. The molecule has 27 heavy (non-hydrogen) atoms. The van der Waals surface area contributed by atoms with Crippen molar-refractivity contribution in [2.75, 3.05) is 30.4 Å². The molecule has 0 amide bonds. The zero-order chi connectivity index (χ0) is 19.1. The minimum absolute atomic E-state index is 0.000333. The highest BCUT2D eigenvalue weighted by Crippen LogP contribution is 2.26. The van der Waals surface area contributed by atoms with E-state index in [0.717, 1.165) is 24.4 Å². The molecule has 140 valence electrons. The molecule has 1 atom stereocenters. The summed E-state index contributed by atoms with van der Waals surface area (Å²) in [6, 6.07) is 15.3. The van der Waals surface area contributed by atoms with Gasteiger partial charge in [-0.2, -0.15) is 11.8 Å². The number of thioether (sulfide) groups is 1. The normalized spacial score (nSPS) is 12.0.